The van der Waals surface area contributed by atoms with Gasteiger partial charge in [-0.05, 0) is 86.9 Å². The summed E-state index contributed by atoms with van der Waals surface area (Å²) in [6, 6.07) is 79.7. The number of aromatic nitrogens is 5. The zero-order valence-electron chi connectivity index (χ0n) is 37.0. The minimum absolute atomic E-state index is 0.557. The predicted octanol–water partition coefficient (Wildman–Crippen LogP) is 16.4. The molecule has 69 heavy (non-hydrogen) atoms. The highest BCUT2D eigenvalue weighted by atomic mass is 16.3. The van der Waals surface area contributed by atoms with Crippen molar-refractivity contribution in [3.05, 3.63) is 224 Å². The van der Waals surface area contributed by atoms with Gasteiger partial charge in [-0.25, -0.2) is 15.0 Å². The summed E-state index contributed by atoms with van der Waals surface area (Å²) in [5.41, 5.74) is 10.7. The van der Waals surface area contributed by atoms with Crippen molar-refractivity contribution in [1.82, 2.24) is 24.1 Å². The monoisotopic (exact) mass is 879 g/mol. The largest absolute Gasteiger partial charge is 0.456 e. The summed E-state index contributed by atoms with van der Waals surface area (Å²) in [4.78, 5) is 16.4. The Morgan fingerprint density at radius 3 is 1.74 bits per heavy atom. The van der Waals surface area contributed by atoms with Gasteiger partial charge in [-0.15, -0.1) is 0 Å². The van der Waals surface area contributed by atoms with Crippen molar-refractivity contribution >= 4 is 97.9 Å². The lowest BCUT2D eigenvalue weighted by Gasteiger charge is -2.14. The Bertz CT molecular complexity index is 4610. The normalized spacial score (nSPS) is 12.1. The van der Waals surface area contributed by atoms with Gasteiger partial charge in [0.05, 0.1) is 27.8 Å². The number of rotatable bonds is 5. The standard InChI is InChI=1S/C63H37N5O/c1-2-20-43(21-3-1)67-53-27-12-10-24-47(53)48-31-29-42(35-55(48)67)61-64-62(49-26-14-19-38-15-6-8-22-45(38)49)66-63(65-61)52-36-44(37-58-60(52)50-25-11-13-28-57(50)69-58)68-54-32-30-39-16-7-9-23-46(39)59(54)51-33-40-17-4-5-18-41(40)34-56(51)68/h1-37H. The Hall–Kier alpha value is -9.39. The summed E-state index contributed by atoms with van der Waals surface area (Å²) in [7, 11) is 0. The first-order chi connectivity index (χ1) is 34.2. The first kappa shape index (κ1) is 37.8. The highest BCUT2D eigenvalue weighted by molar-refractivity contribution is 6.24. The maximum atomic E-state index is 6.85. The van der Waals surface area contributed by atoms with Gasteiger partial charge < -0.3 is 13.6 Å². The molecule has 15 rings (SSSR count). The minimum Gasteiger partial charge on any atom is -0.456 e. The fourth-order valence-corrected chi connectivity index (χ4v) is 11.0. The van der Waals surface area contributed by atoms with Crippen LogP contribution in [-0.4, -0.2) is 24.1 Å². The summed E-state index contributed by atoms with van der Waals surface area (Å²) >= 11 is 0. The lowest BCUT2D eigenvalue weighted by molar-refractivity contribution is 0.668. The number of nitrogens with zero attached hydrogens (tertiary/aromatic N) is 5. The van der Waals surface area contributed by atoms with Crippen molar-refractivity contribution in [2.24, 2.45) is 0 Å². The van der Waals surface area contributed by atoms with Gasteiger partial charge in [0, 0.05) is 60.8 Å². The van der Waals surface area contributed by atoms with Crippen LogP contribution < -0.4 is 0 Å². The van der Waals surface area contributed by atoms with Crippen LogP contribution in [0.4, 0.5) is 0 Å². The van der Waals surface area contributed by atoms with Crippen molar-refractivity contribution in [2.45, 2.75) is 0 Å². The molecule has 0 bridgehead atoms. The molecule has 6 nitrogen and oxygen atoms in total. The van der Waals surface area contributed by atoms with E-state index in [9.17, 15) is 0 Å². The Labute approximate surface area is 394 Å². The van der Waals surface area contributed by atoms with Crippen LogP contribution in [0.1, 0.15) is 0 Å². The molecule has 0 saturated carbocycles. The van der Waals surface area contributed by atoms with Crippen LogP contribution in [0.5, 0.6) is 0 Å². The predicted molar refractivity (Wildman–Crippen MR) is 285 cm³/mol. The highest BCUT2D eigenvalue weighted by Crippen LogP contribution is 2.44. The lowest BCUT2D eigenvalue weighted by Crippen LogP contribution is -2.02. The number of benzene rings is 11. The first-order valence-electron chi connectivity index (χ1n) is 23.3. The second-order valence-electron chi connectivity index (χ2n) is 18.0. The molecule has 0 N–H and O–H groups in total. The van der Waals surface area contributed by atoms with Crippen LogP contribution in [0.2, 0.25) is 0 Å². The van der Waals surface area contributed by atoms with Gasteiger partial charge in [0.15, 0.2) is 17.5 Å². The molecule has 0 aliphatic rings. The fourth-order valence-electron chi connectivity index (χ4n) is 11.0. The van der Waals surface area contributed by atoms with Crippen LogP contribution >= 0.6 is 0 Å². The molecule has 4 heterocycles. The van der Waals surface area contributed by atoms with E-state index in [1.54, 1.807) is 0 Å². The molecular weight excluding hydrogens is 843 g/mol. The van der Waals surface area contributed by atoms with Crippen LogP contribution in [0.3, 0.4) is 0 Å². The highest BCUT2D eigenvalue weighted by Gasteiger charge is 2.24. The molecular formula is C63H37N5O. The smallest absolute Gasteiger partial charge is 0.164 e. The zero-order chi connectivity index (χ0) is 45.2. The molecule has 0 fully saturated rings. The molecule has 4 aromatic heterocycles. The number of hydrogen-bond donors (Lipinski definition) is 0. The van der Waals surface area contributed by atoms with Crippen molar-refractivity contribution in [3.63, 3.8) is 0 Å². The van der Waals surface area contributed by atoms with Crippen LogP contribution in [-0.2, 0) is 0 Å². The van der Waals surface area contributed by atoms with Crippen molar-refractivity contribution in [2.75, 3.05) is 0 Å². The third kappa shape index (κ3) is 5.69. The summed E-state index contributed by atoms with van der Waals surface area (Å²) < 4.78 is 11.6. The number of para-hydroxylation sites is 3. The van der Waals surface area contributed by atoms with Crippen LogP contribution in [0, 0.1) is 0 Å². The van der Waals surface area contributed by atoms with E-state index in [4.69, 9.17) is 19.4 Å². The van der Waals surface area contributed by atoms with E-state index in [0.29, 0.717) is 17.5 Å². The molecule has 0 aliphatic carbocycles. The van der Waals surface area contributed by atoms with Gasteiger partial charge in [0.25, 0.3) is 0 Å². The minimum atomic E-state index is 0.557. The fraction of sp³-hybridized carbons (Fsp3) is 0. The van der Waals surface area contributed by atoms with Gasteiger partial charge in [0.2, 0.25) is 0 Å². The van der Waals surface area contributed by atoms with E-state index >= 15 is 0 Å². The van der Waals surface area contributed by atoms with Crippen LogP contribution in [0.15, 0.2) is 229 Å². The summed E-state index contributed by atoms with van der Waals surface area (Å²) in [5, 5.41) is 13.7. The number of hydrogen-bond acceptors (Lipinski definition) is 4. The Morgan fingerprint density at radius 1 is 0.290 bits per heavy atom. The summed E-state index contributed by atoms with van der Waals surface area (Å²) in [5.74, 6) is 1.73. The Kier molecular flexibility index (Phi) is 7.97. The van der Waals surface area contributed by atoms with E-state index in [-0.39, 0.29) is 0 Å². The second kappa shape index (κ2) is 14.6. The molecule has 0 radical (unpaired) electrons. The first-order valence-corrected chi connectivity index (χ1v) is 23.3. The van der Waals surface area contributed by atoms with Gasteiger partial charge in [-0.3, -0.25) is 0 Å². The van der Waals surface area contributed by atoms with Crippen LogP contribution in [0.25, 0.3) is 143 Å². The molecule has 0 unspecified atom stereocenters. The van der Waals surface area contributed by atoms with E-state index in [0.717, 1.165) is 88.2 Å². The third-order valence-corrected chi connectivity index (χ3v) is 14.1. The summed E-state index contributed by atoms with van der Waals surface area (Å²) in [6.07, 6.45) is 0. The molecule has 0 aliphatic heterocycles. The quantitative estimate of drug-likeness (QED) is 0.173. The average molecular weight is 880 g/mol. The summed E-state index contributed by atoms with van der Waals surface area (Å²) in [6.45, 7) is 0. The maximum absolute atomic E-state index is 6.85. The topological polar surface area (TPSA) is 61.7 Å². The average Bonchev–Trinajstić information content (AvgIpc) is 4.07. The molecule has 11 aromatic carbocycles. The van der Waals surface area contributed by atoms with Crippen molar-refractivity contribution in [3.8, 4) is 45.5 Å². The van der Waals surface area contributed by atoms with Gasteiger partial charge >= 0.3 is 0 Å². The molecule has 0 amide bonds. The number of furan rings is 1. The molecule has 320 valence electrons. The Balaban J connectivity index is 1.05. The molecule has 15 aromatic rings. The van der Waals surface area contributed by atoms with Crippen molar-refractivity contribution in [1.29, 1.82) is 0 Å². The van der Waals surface area contributed by atoms with Crippen molar-refractivity contribution < 1.29 is 4.42 Å². The molecule has 0 atom stereocenters. The van der Waals surface area contributed by atoms with E-state index in [2.05, 4.69) is 221 Å². The third-order valence-electron chi connectivity index (χ3n) is 14.1. The van der Waals surface area contributed by atoms with E-state index in [1.165, 1.54) is 37.7 Å². The second-order valence-corrected chi connectivity index (χ2v) is 18.0. The lowest BCUT2D eigenvalue weighted by atomic mass is 10.0. The zero-order valence-corrected chi connectivity index (χ0v) is 37.0. The maximum Gasteiger partial charge on any atom is 0.164 e. The van der Waals surface area contributed by atoms with E-state index in [1.807, 2.05) is 12.1 Å². The van der Waals surface area contributed by atoms with Gasteiger partial charge in [-0.2, -0.15) is 0 Å². The van der Waals surface area contributed by atoms with Gasteiger partial charge in [0.1, 0.15) is 11.2 Å². The Morgan fingerprint density at radius 2 is 0.899 bits per heavy atom. The molecule has 6 heteroatoms. The van der Waals surface area contributed by atoms with Gasteiger partial charge in [-0.1, -0.05) is 164 Å². The molecule has 0 spiro atoms. The number of fused-ring (bicyclic) bond motifs is 13. The SMILES string of the molecule is c1ccc(-n2c3ccccc3c3ccc(-c4nc(-c5cccc6ccccc56)nc(-c5cc(-n6c7cc8ccccc8cc7c7c8ccccc8ccc76)cc6oc7ccccc7c56)n4)cc32)cc1. The molecule has 0 saturated heterocycles. The van der Waals surface area contributed by atoms with E-state index < -0.39 is 0 Å².